The summed E-state index contributed by atoms with van der Waals surface area (Å²) in [7, 11) is 0.787. The molecule has 0 fully saturated rings. The van der Waals surface area contributed by atoms with E-state index in [4.69, 9.17) is 0 Å². The molecule has 2 aromatic rings. The van der Waals surface area contributed by atoms with Crippen LogP contribution in [0.4, 0.5) is 26.3 Å². The highest BCUT2D eigenvalue weighted by Crippen LogP contribution is 2.30. The number of methoxy groups -OCH3 is 1. The van der Waals surface area contributed by atoms with Crippen LogP contribution in [-0.4, -0.2) is 45.7 Å². The fraction of sp³-hybridized carbons (Fsp3) is 0.412. The van der Waals surface area contributed by atoms with Gasteiger partial charge < -0.3 is 9.47 Å². The van der Waals surface area contributed by atoms with E-state index < -0.39 is 35.9 Å². The number of ether oxygens (including phenoxy) is 2. The predicted molar refractivity (Wildman–Crippen MR) is 94.4 cm³/mol. The first-order chi connectivity index (χ1) is 13.8. The van der Waals surface area contributed by atoms with Crippen molar-refractivity contribution in [2.75, 3.05) is 7.11 Å². The van der Waals surface area contributed by atoms with Crippen LogP contribution in [0.25, 0.3) is 11.2 Å². The van der Waals surface area contributed by atoms with Gasteiger partial charge in [0, 0.05) is 12.8 Å². The molecule has 0 bridgehead atoms. The van der Waals surface area contributed by atoms with Gasteiger partial charge in [-0.25, -0.2) is 9.38 Å². The van der Waals surface area contributed by atoms with Gasteiger partial charge in [0.05, 0.1) is 11.9 Å². The van der Waals surface area contributed by atoms with E-state index in [1.807, 2.05) is 0 Å². The molecule has 0 aliphatic carbocycles. The van der Waals surface area contributed by atoms with Crippen molar-refractivity contribution in [3.63, 3.8) is 0 Å². The van der Waals surface area contributed by atoms with Crippen LogP contribution in [0.3, 0.4) is 0 Å². The Morgan fingerprint density at radius 2 is 1.90 bits per heavy atom. The molecule has 2 heterocycles. The Hall–Kier alpha value is -2.96. The summed E-state index contributed by atoms with van der Waals surface area (Å²) in [6, 6.07) is 0. The van der Waals surface area contributed by atoms with Gasteiger partial charge in [-0.3, -0.25) is 9.38 Å². The number of allylic oxidation sites excluding steroid dienone is 3. The summed E-state index contributed by atoms with van der Waals surface area (Å²) in [5.74, 6) is -3.05. The molecule has 0 aliphatic heterocycles. The number of aryl methyl sites for hydroxylation is 1. The fourth-order valence-electron chi connectivity index (χ4n) is 2.42. The molecule has 0 amide bonds. The first-order valence-electron chi connectivity index (χ1n) is 8.26. The third kappa shape index (κ3) is 4.61. The normalized spacial score (nSPS) is 15.2. The van der Waals surface area contributed by atoms with Crippen molar-refractivity contribution >= 4 is 17.9 Å². The smallest absolute Gasteiger partial charge is 0.425 e. The van der Waals surface area contributed by atoms with Gasteiger partial charge in [0.1, 0.15) is 0 Å². The van der Waals surface area contributed by atoms with Gasteiger partial charge in [0.25, 0.3) is 0 Å². The van der Waals surface area contributed by atoms with Crippen molar-refractivity contribution in [3.8, 4) is 0 Å². The number of hydrogen-bond donors (Lipinski definition) is 0. The third-order valence-corrected chi connectivity index (χ3v) is 4.01. The van der Waals surface area contributed by atoms with E-state index in [-0.39, 0.29) is 22.6 Å². The molecule has 0 saturated heterocycles. The minimum absolute atomic E-state index is 0.0115. The Morgan fingerprint density at radius 1 is 1.27 bits per heavy atom. The summed E-state index contributed by atoms with van der Waals surface area (Å²) in [4.78, 5) is 7.17. The molecule has 0 saturated carbocycles. The van der Waals surface area contributed by atoms with Gasteiger partial charge in [-0.05, 0) is 39.1 Å². The van der Waals surface area contributed by atoms with Crippen LogP contribution in [-0.2, 0) is 15.6 Å². The maximum atomic E-state index is 14.4. The van der Waals surface area contributed by atoms with Crippen LogP contribution >= 0.6 is 0 Å². The Labute approximate surface area is 166 Å². The van der Waals surface area contributed by atoms with Crippen molar-refractivity contribution < 1.29 is 35.8 Å². The zero-order chi connectivity index (χ0) is 22.9. The standard InChI is InChI=1S/C17H17F6N5O2/c1-8(6-11(18)14(24-4)30-10(3)16(19,20)21)13-9(2)28-12(7-25-13)26-27-15(28)17(22,23)29-5/h6-7,10H,4H2,1-3,5H3/b8-6+,14-11-/t10-/m0/s1. The molecule has 164 valence electrons. The summed E-state index contributed by atoms with van der Waals surface area (Å²) in [5.41, 5.74) is 0.237. The van der Waals surface area contributed by atoms with Crippen LogP contribution in [0.5, 0.6) is 0 Å². The second kappa shape index (κ2) is 8.42. The largest absolute Gasteiger partial charge is 0.463 e. The van der Waals surface area contributed by atoms with Crippen molar-refractivity contribution in [1.29, 1.82) is 0 Å². The molecule has 0 unspecified atom stereocenters. The maximum Gasteiger partial charge on any atom is 0.425 e. The molecule has 0 aliphatic rings. The van der Waals surface area contributed by atoms with Gasteiger partial charge in [0.2, 0.25) is 11.7 Å². The number of nitrogens with zero attached hydrogens (tertiary/aromatic N) is 5. The fourth-order valence-corrected chi connectivity index (χ4v) is 2.42. The van der Waals surface area contributed by atoms with E-state index in [0.29, 0.717) is 6.92 Å². The molecule has 7 nitrogen and oxygen atoms in total. The molecule has 0 spiro atoms. The van der Waals surface area contributed by atoms with Crippen LogP contribution in [0.15, 0.2) is 29.0 Å². The second-order valence-electron chi connectivity index (χ2n) is 6.07. The number of aromatic nitrogens is 4. The number of hydrogen-bond acceptors (Lipinski definition) is 6. The second-order valence-corrected chi connectivity index (χ2v) is 6.07. The summed E-state index contributed by atoms with van der Waals surface area (Å²) in [6.45, 7) is 6.45. The lowest BCUT2D eigenvalue weighted by Gasteiger charge is -2.17. The van der Waals surface area contributed by atoms with Crippen LogP contribution < -0.4 is 0 Å². The minimum Gasteiger partial charge on any atom is -0.463 e. The molecular formula is C17H17F6N5O2. The van der Waals surface area contributed by atoms with E-state index >= 15 is 0 Å². The van der Waals surface area contributed by atoms with Crippen LogP contribution in [0.2, 0.25) is 0 Å². The van der Waals surface area contributed by atoms with Gasteiger partial charge in [-0.2, -0.15) is 22.0 Å². The maximum absolute atomic E-state index is 14.4. The number of alkyl halides is 5. The molecule has 0 radical (unpaired) electrons. The van der Waals surface area contributed by atoms with E-state index in [2.05, 4.69) is 36.4 Å². The Bertz CT molecular complexity index is 1010. The van der Waals surface area contributed by atoms with Crippen molar-refractivity contribution in [2.45, 2.75) is 39.2 Å². The first kappa shape index (κ1) is 23.3. The van der Waals surface area contributed by atoms with Gasteiger partial charge >= 0.3 is 12.3 Å². The monoisotopic (exact) mass is 437 g/mol. The van der Waals surface area contributed by atoms with E-state index in [9.17, 15) is 26.3 Å². The van der Waals surface area contributed by atoms with E-state index in [1.54, 1.807) is 0 Å². The zero-order valence-corrected chi connectivity index (χ0v) is 16.3. The van der Waals surface area contributed by atoms with Crippen molar-refractivity contribution in [3.05, 3.63) is 41.2 Å². The number of fused-ring (bicyclic) bond motifs is 1. The molecule has 0 aromatic carbocycles. The summed E-state index contributed by atoms with van der Waals surface area (Å²) >= 11 is 0. The average molecular weight is 437 g/mol. The van der Waals surface area contributed by atoms with Gasteiger partial charge in [-0.15, -0.1) is 10.2 Å². The molecule has 2 rings (SSSR count). The Balaban J connectivity index is 2.52. The Morgan fingerprint density at radius 3 is 2.43 bits per heavy atom. The summed E-state index contributed by atoms with van der Waals surface area (Å²) in [5, 5.41) is 6.99. The van der Waals surface area contributed by atoms with Crippen LogP contribution in [0.1, 0.15) is 31.1 Å². The Kier molecular flexibility index (Phi) is 6.54. The summed E-state index contributed by atoms with van der Waals surface area (Å²) < 4.78 is 89.8. The predicted octanol–water partition coefficient (Wildman–Crippen LogP) is 4.34. The van der Waals surface area contributed by atoms with Crippen LogP contribution in [0, 0.1) is 6.92 Å². The zero-order valence-electron chi connectivity index (χ0n) is 16.3. The van der Waals surface area contributed by atoms with Crippen molar-refractivity contribution in [2.24, 2.45) is 4.99 Å². The molecule has 2 aromatic heterocycles. The van der Waals surface area contributed by atoms with E-state index in [1.165, 1.54) is 13.8 Å². The SMILES string of the molecule is C=N/C(O[C@@H](C)C(F)(F)F)=C(F)\C=C(/C)c1ncc2nnc(C(F)(F)OC)n2c1C. The molecule has 1 atom stereocenters. The lowest BCUT2D eigenvalue weighted by molar-refractivity contribution is -0.237. The summed E-state index contributed by atoms with van der Waals surface area (Å²) in [6.07, 6.45) is -8.90. The molecule has 13 heteroatoms. The topological polar surface area (TPSA) is 73.9 Å². The minimum atomic E-state index is -4.74. The third-order valence-electron chi connectivity index (χ3n) is 4.01. The molecule has 30 heavy (non-hydrogen) atoms. The lowest BCUT2D eigenvalue weighted by Crippen LogP contribution is -2.28. The average Bonchev–Trinajstić information content (AvgIpc) is 3.11. The molecular weight excluding hydrogens is 420 g/mol. The highest BCUT2D eigenvalue weighted by Gasteiger charge is 2.39. The number of rotatable bonds is 7. The van der Waals surface area contributed by atoms with Gasteiger partial charge in [0.15, 0.2) is 17.6 Å². The highest BCUT2D eigenvalue weighted by atomic mass is 19.4. The van der Waals surface area contributed by atoms with Gasteiger partial charge in [-0.1, -0.05) is 0 Å². The quantitative estimate of drug-likeness (QED) is 0.279. The first-order valence-corrected chi connectivity index (χ1v) is 8.26. The highest BCUT2D eigenvalue weighted by molar-refractivity contribution is 5.66. The van der Waals surface area contributed by atoms with E-state index in [0.717, 1.165) is 23.8 Å². The number of halogens is 6. The lowest BCUT2D eigenvalue weighted by atomic mass is 10.1. The number of aliphatic imine (C=N–C) groups is 1. The molecule has 0 N–H and O–H groups in total. The van der Waals surface area contributed by atoms with Crippen molar-refractivity contribution in [1.82, 2.24) is 19.6 Å².